The summed E-state index contributed by atoms with van der Waals surface area (Å²) >= 11 is 16.2. The number of phenolic OH excluding ortho intramolecular Hbond substituents is 1. The molecule has 0 fully saturated rings. The van der Waals surface area contributed by atoms with E-state index in [1.54, 1.807) is 24.1 Å². The summed E-state index contributed by atoms with van der Waals surface area (Å²) < 4.78 is 19.9. The van der Waals surface area contributed by atoms with Gasteiger partial charge in [0.25, 0.3) is 0 Å². The van der Waals surface area contributed by atoms with E-state index in [0.29, 0.717) is 46.1 Å². The van der Waals surface area contributed by atoms with E-state index in [-0.39, 0.29) is 22.5 Å². The maximum absolute atomic E-state index is 14.3. The van der Waals surface area contributed by atoms with Gasteiger partial charge in [-0.3, -0.25) is 0 Å². The van der Waals surface area contributed by atoms with Crippen LogP contribution >= 0.6 is 39.1 Å². The van der Waals surface area contributed by atoms with E-state index in [2.05, 4.69) is 41.7 Å². The van der Waals surface area contributed by atoms with Gasteiger partial charge < -0.3 is 20.1 Å². The largest absolute Gasteiger partial charge is 0.506 e. The molecule has 1 heterocycles. The molecule has 186 valence electrons. The number of methoxy groups -OCH3 is 1. The number of halogens is 4. The van der Waals surface area contributed by atoms with Gasteiger partial charge in [-0.15, -0.1) is 0 Å². The Morgan fingerprint density at radius 1 is 1.31 bits per heavy atom. The fourth-order valence-corrected chi connectivity index (χ4v) is 4.35. The number of nitrogens with zero attached hydrogens (tertiary/aromatic N) is 4. The first-order chi connectivity index (χ1) is 16.8. The molecule has 3 rings (SSSR count). The molecule has 12 heteroatoms. The lowest BCUT2D eigenvalue weighted by Gasteiger charge is -2.21. The number of aryl methyl sites for hydroxylation is 1. The van der Waals surface area contributed by atoms with Gasteiger partial charge in [-0.2, -0.15) is 10.1 Å². The Kier molecular flexibility index (Phi) is 9.50. The highest BCUT2D eigenvalue weighted by Crippen LogP contribution is 2.42. The first kappa shape index (κ1) is 26.9. The molecular formula is C23H24BrCl2FN6O2. The molecule has 0 amide bonds. The molecule has 3 aromatic rings. The molecule has 0 aliphatic carbocycles. The maximum atomic E-state index is 14.3. The van der Waals surface area contributed by atoms with Crippen molar-refractivity contribution in [3.63, 3.8) is 0 Å². The van der Waals surface area contributed by atoms with Crippen molar-refractivity contribution >= 4 is 68.5 Å². The summed E-state index contributed by atoms with van der Waals surface area (Å²) in [5.74, 6) is -0.519. The van der Waals surface area contributed by atoms with Gasteiger partial charge in [0.15, 0.2) is 11.6 Å². The van der Waals surface area contributed by atoms with Gasteiger partial charge in [-0.05, 0) is 47.5 Å². The number of benzene rings is 2. The summed E-state index contributed by atoms with van der Waals surface area (Å²) in [7, 11) is 1.58. The molecule has 0 bridgehead atoms. The second-order valence-corrected chi connectivity index (χ2v) is 8.99. The van der Waals surface area contributed by atoms with Crippen LogP contribution in [0.1, 0.15) is 18.1 Å². The van der Waals surface area contributed by atoms with E-state index in [1.807, 2.05) is 26.0 Å². The van der Waals surface area contributed by atoms with Crippen LogP contribution in [0.4, 0.5) is 27.5 Å². The number of likely N-dealkylation sites (N-methyl/N-ethyl adjacent to an activating group) is 1. The quantitative estimate of drug-likeness (QED) is 0.188. The highest BCUT2D eigenvalue weighted by molar-refractivity contribution is 9.10. The number of ether oxygens (including phenoxy) is 1. The SMILES string of the molecule is CCN(CCOC)c1nc(N/N=C\c2cc(Br)c(Nc3c(C)cccc3Cl)c(Cl)c2O)ncc1F. The van der Waals surface area contributed by atoms with Crippen molar-refractivity contribution < 1.29 is 14.2 Å². The Balaban J connectivity index is 1.81. The number of aromatic hydroxyl groups is 1. The minimum atomic E-state index is -0.553. The zero-order chi connectivity index (χ0) is 25.5. The summed E-state index contributed by atoms with van der Waals surface area (Å²) in [6.45, 7) is 5.22. The lowest BCUT2D eigenvalue weighted by Crippen LogP contribution is -2.29. The number of phenols is 1. The number of hydrogen-bond donors (Lipinski definition) is 3. The van der Waals surface area contributed by atoms with Gasteiger partial charge in [-0.1, -0.05) is 35.3 Å². The monoisotopic (exact) mass is 584 g/mol. The number of anilines is 4. The summed E-state index contributed by atoms with van der Waals surface area (Å²) in [4.78, 5) is 9.84. The molecule has 3 N–H and O–H groups in total. The summed E-state index contributed by atoms with van der Waals surface area (Å²) in [5, 5.41) is 18.5. The highest BCUT2D eigenvalue weighted by atomic mass is 79.9. The maximum Gasteiger partial charge on any atom is 0.245 e. The molecule has 0 atom stereocenters. The van der Waals surface area contributed by atoms with Gasteiger partial charge in [0, 0.05) is 30.2 Å². The van der Waals surface area contributed by atoms with Crippen LogP contribution in [0.5, 0.6) is 5.75 Å². The molecule has 0 spiro atoms. The lowest BCUT2D eigenvalue weighted by molar-refractivity contribution is 0.205. The zero-order valence-corrected chi connectivity index (χ0v) is 22.3. The van der Waals surface area contributed by atoms with Crippen LogP contribution < -0.4 is 15.6 Å². The van der Waals surface area contributed by atoms with E-state index in [1.165, 1.54) is 6.21 Å². The first-order valence-corrected chi connectivity index (χ1v) is 12.1. The minimum Gasteiger partial charge on any atom is -0.506 e. The van der Waals surface area contributed by atoms with Gasteiger partial charge in [-0.25, -0.2) is 14.8 Å². The van der Waals surface area contributed by atoms with Crippen LogP contribution in [0.15, 0.2) is 40.0 Å². The van der Waals surface area contributed by atoms with Crippen LogP contribution in [0, 0.1) is 12.7 Å². The zero-order valence-electron chi connectivity index (χ0n) is 19.2. The fourth-order valence-electron chi connectivity index (χ4n) is 3.16. The number of nitrogens with one attached hydrogen (secondary N) is 2. The molecule has 2 aromatic carbocycles. The van der Waals surface area contributed by atoms with Crippen molar-refractivity contribution in [1.82, 2.24) is 9.97 Å². The summed E-state index contributed by atoms with van der Waals surface area (Å²) in [6.07, 6.45) is 2.42. The molecule has 35 heavy (non-hydrogen) atoms. The number of para-hydroxylation sites is 1. The Labute approximate surface area is 221 Å². The third-order valence-corrected chi connectivity index (χ3v) is 6.34. The van der Waals surface area contributed by atoms with Crippen LogP contribution in [-0.2, 0) is 4.74 Å². The molecule has 0 radical (unpaired) electrons. The lowest BCUT2D eigenvalue weighted by atomic mass is 10.1. The van der Waals surface area contributed by atoms with Crippen molar-refractivity contribution in [1.29, 1.82) is 0 Å². The van der Waals surface area contributed by atoms with Crippen LogP contribution in [0.2, 0.25) is 10.0 Å². The first-order valence-electron chi connectivity index (χ1n) is 10.5. The van der Waals surface area contributed by atoms with E-state index in [0.717, 1.165) is 11.8 Å². The topological polar surface area (TPSA) is 94.9 Å². The third-order valence-electron chi connectivity index (χ3n) is 5.03. The summed E-state index contributed by atoms with van der Waals surface area (Å²) in [5.41, 5.74) is 5.02. The van der Waals surface area contributed by atoms with E-state index in [4.69, 9.17) is 27.9 Å². The predicted molar refractivity (Wildman–Crippen MR) is 143 cm³/mol. The smallest absolute Gasteiger partial charge is 0.245 e. The second-order valence-electron chi connectivity index (χ2n) is 7.35. The number of hydrogen-bond acceptors (Lipinski definition) is 8. The van der Waals surface area contributed by atoms with E-state index < -0.39 is 5.82 Å². The Morgan fingerprint density at radius 2 is 2.09 bits per heavy atom. The van der Waals surface area contributed by atoms with Gasteiger partial charge in [0.1, 0.15) is 10.8 Å². The Morgan fingerprint density at radius 3 is 2.77 bits per heavy atom. The molecule has 0 saturated carbocycles. The van der Waals surface area contributed by atoms with Crippen molar-refractivity contribution in [2.24, 2.45) is 5.10 Å². The minimum absolute atomic E-state index is 0.0807. The molecule has 0 unspecified atom stereocenters. The van der Waals surface area contributed by atoms with Crippen molar-refractivity contribution in [3.8, 4) is 5.75 Å². The Bertz CT molecular complexity index is 1210. The molecule has 8 nitrogen and oxygen atoms in total. The number of rotatable bonds is 10. The normalized spacial score (nSPS) is 11.2. The second kappa shape index (κ2) is 12.3. The highest BCUT2D eigenvalue weighted by Gasteiger charge is 2.17. The van der Waals surface area contributed by atoms with Gasteiger partial charge >= 0.3 is 0 Å². The molecule has 0 aliphatic heterocycles. The van der Waals surface area contributed by atoms with Gasteiger partial charge in [0.2, 0.25) is 5.95 Å². The van der Waals surface area contributed by atoms with Gasteiger partial charge in [0.05, 0.1) is 35.4 Å². The molecular weight excluding hydrogens is 562 g/mol. The van der Waals surface area contributed by atoms with E-state index in [9.17, 15) is 9.50 Å². The third kappa shape index (κ3) is 6.52. The molecule has 0 aliphatic rings. The standard InChI is InChI=1S/C23H24BrCl2FN6O2/c1-4-33(8-9-35-3)22-17(27)12-28-23(31-22)32-29-11-14-10-15(24)20(18(26)21(14)34)30-19-13(2)6-5-7-16(19)25/h5-7,10-12,30,34H,4,8-9H2,1-3H3,(H,28,31,32)/b29-11-. The predicted octanol–water partition coefficient (Wildman–Crippen LogP) is 6.36. The van der Waals surface area contributed by atoms with Crippen LogP contribution in [-0.4, -0.2) is 48.1 Å². The average Bonchev–Trinajstić information content (AvgIpc) is 2.83. The van der Waals surface area contributed by atoms with E-state index >= 15 is 0 Å². The van der Waals surface area contributed by atoms with Crippen molar-refractivity contribution in [2.45, 2.75) is 13.8 Å². The van der Waals surface area contributed by atoms with Crippen molar-refractivity contribution in [2.75, 3.05) is 42.4 Å². The fraction of sp³-hybridized carbons (Fsp3) is 0.261. The molecule has 1 aromatic heterocycles. The van der Waals surface area contributed by atoms with Crippen molar-refractivity contribution in [3.05, 3.63) is 61.9 Å². The average molecular weight is 586 g/mol. The van der Waals surface area contributed by atoms with Crippen LogP contribution in [0.3, 0.4) is 0 Å². The van der Waals surface area contributed by atoms with Crippen LogP contribution in [0.25, 0.3) is 0 Å². The molecule has 0 saturated heterocycles. The summed E-state index contributed by atoms with van der Waals surface area (Å²) in [6, 6.07) is 7.15. The number of aromatic nitrogens is 2. The number of hydrazone groups is 1. The Hall–Kier alpha value is -2.66.